The van der Waals surface area contributed by atoms with Crippen molar-refractivity contribution in [3.05, 3.63) is 71.3 Å². The molecule has 0 fully saturated rings. The monoisotopic (exact) mass is 337 g/mol. The first-order valence-electron chi connectivity index (χ1n) is 7.56. The molecule has 0 bridgehead atoms. The topological polar surface area (TPSA) is 38.3 Å². The second-order valence-corrected chi connectivity index (χ2v) is 5.20. The Morgan fingerprint density at radius 1 is 1.00 bits per heavy atom. The molecule has 0 radical (unpaired) electrons. The Hall–Kier alpha value is -2.34. The number of esters is 1. The lowest BCUT2D eigenvalue weighted by molar-refractivity contribution is -0.137. The summed E-state index contributed by atoms with van der Waals surface area (Å²) < 4.78 is 42.9. The van der Waals surface area contributed by atoms with Crippen LogP contribution in [0.2, 0.25) is 0 Å². The SMILES string of the molecule is O=C(OCCNCCc1cccc(C(F)(F)F)c1)c1ccccc1. The van der Waals surface area contributed by atoms with Crippen LogP contribution in [-0.2, 0) is 17.3 Å². The van der Waals surface area contributed by atoms with Crippen LogP contribution < -0.4 is 5.32 Å². The molecule has 0 unspecified atom stereocenters. The van der Waals surface area contributed by atoms with E-state index in [-0.39, 0.29) is 6.61 Å². The molecule has 2 rings (SSSR count). The molecule has 0 aromatic heterocycles. The molecule has 0 aliphatic carbocycles. The molecule has 0 heterocycles. The number of hydrogen-bond acceptors (Lipinski definition) is 3. The second-order valence-electron chi connectivity index (χ2n) is 5.20. The highest BCUT2D eigenvalue weighted by Gasteiger charge is 2.30. The van der Waals surface area contributed by atoms with Gasteiger partial charge in [0, 0.05) is 6.54 Å². The average molecular weight is 337 g/mol. The number of carbonyl (C=O) groups is 1. The van der Waals surface area contributed by atoms with Crippen LogP contribution in [0.5, 0.6) is 0 Å². The first kappa shape index (κ1) is 18.0. The highest BCUT2D eigenvalue weighted by atomic mass is 19.4. The fourth-order valence-electron chi connectivity index (χ4n) is 2.13. The van der Waals surface area contributed by atoms with Crippen molar-refractivity contribution >= 4 is 5.97 Å². The Morgan fingerprint density at radius 2 is 1.75 bits per heavy atom. The maximum atomic E-state index is 12.6. The van der Waals surface area contributed by atoms with Gasteiger partial charge in [-0.1, -0.05) is 36.4 Å². The Kier molecular flexibility index (Phi) is 6.37. The Bertz CT molecular complexity index is 657. The average Bonchev–Trinajstić information content (AvgIpc) is 2.58. The zero-order valence-electron chi connectivity index (χ0n) is 13.0. The van der Waals surface area contributed by atoms with Crippen LogP contribution in [0.4, 0.5) is 13.2 Å². The molecule has 2 aromatic carbocycles. The van der Waals surface area contributed by atoms with Gasteiger partial charge in [0.1, 0.15) is 6.61 Å². The predicted octanol–water partition coefficient (Wildman–Crippen LogP) is 3.69. The van der Waals surface area contributed by atoms with Crippen molar-refractivity contribution in [2.24, 2.45) is 0 Å². The van der Waals surface area contributed by atoms with Gasteiger partial charge in [0.15, 0.2) is 0 Å². The van der Waals surface area contributed by atoms with Gasteiger partial charge in [0.25, 0.3) is 0 Å². The lowest BCUT2D eigenvalue weighted by atomic mass is 10.1. The van der Waals surface area contributed by atoms with Crippen molar-refractivity contribution < 1.29 is 22.7 Å². The number of ether oxygens (including phenoxy) is 1. The van der Waals surface area contributed by atoms with E-state index >= 15 is 0 Å². The van der Waals surface area contributed by atoms with Crippen LogP contribution in [-0.4, -0.2) is 25.7 Å². The Balaban J connectivity index is 1.66. The first-order chi connectivity index (χ1) is 11.5. The number of halogens is 3. The van der Waals surface area contributed by atoms with Crippen LogP contribution in [0.15, 0.2) is 54.6 Å². The minimum absolute atomic E-state index is 0.205. The van der Waals surface area contributed by atoms with E-state index in [0.29, 0.717) is 30.6 Å². The summed E-state index contributed by atoms with van der Waals surface area (Å²) in [5, 5.41) is 3.04. The highest BCUT2D eigenvalue weighted by Crippen LogP contribution is 2.29. The third-order valence-corrected chi connectivity index (χ3v) is 3.37. The molecule has 0 spiro atoms. The molecule has 0 aliphatic heterocycles. The van der Waals surface area contributed by atoms with Gasteiger partial charge in [0.2, 0.25) is 0 Å². The van der Waals surface area contributed by atoms with Crippen LogP contribution in [0.25, 0.3) is 0 Å². The fraction of sp³-hybridized carbons (Fsp3) is 0.278. The van der Waals surface area contributed by atoms with E-state index in [4.69, 9.17) is 4.74 Å². The first-order valence-corrected chi connectivity index (χ1v) is 7.56. The normalized spacial score (nSPS) is 11.3. The summed E-state index contributed by atoms with van der Waals surface area (Å²) in [6.07, 6.45) is -3.86. The summed E-state index contributed by atoms with van der Waals surface area (Å²) >= 11 is 0. The molecule has 0 saturated heterocycles. The van der Waals surface area contributed by atoms with Gasteiger partial charge in [-0.2, -0.15) is 13.2 Å². The number of hydrogen-bond donors (Lipinski definition) is 1. The maximum Gasteiger partial charge on any atom is 0.416 e. The van der Waals surface area contributed by atoms with E-state index in [1.54, 1.807) is 30.3 Å². The third kappa shape index (κ3) is 5.70. The summed E-state index contributed by atoms with van der Waals surface area (Å²) in [7, 11) is 0. The summed E-state index contributed by atoms with van der Waals surface area (Å²) in [4.78, 5) is 11.7. The van der Waals surface area contributed by atoms with Crippen molar-refractivity contribution in [2.45, 2.75) is 12.6 Å². The molecule has 0 atom stereocenters. The number of rotatable bonds is 7. The molecule has 1 N–H and O–H groups in total. The summed E-state index contributed by atoms with van der Waals surface area (Å²) in [5.41, 5.74) is 0.455. The summed E-state index contributed by atoms with van der Waals surface area (Å²) in [6.45, 7) is 1.15. The van der Waals surface area contributed by atoms with Gasteiger partial charge in [-0.3, -0.25) is 0 Å². The summed E-state index contributed by atoms with van der Waals surface area (Å²) in [5.74, 6) is -0.393. The third-order valence-electron chi connectivity index (χ3n) is 3.37. The number of carbonyl (C=O) groups excluding carboxylic acids is 1. The number of nitrogens with one attached hydrogen (secondary N) is 1. The zero-order chi connectivity index (χ0) is 17.4. The largest absolute Gasteiger partial charge is 0.461 e. The van der Waals surface area contributed by atoms with Crippen LogP contribution in [0, 0.1) is 0 Å². The van der Waals surface area contributed by atoms with Crippen molar-refractivity contribution in [1.29, 1.82) is 0 Å². The molecular weight excluding hydrogens is 319 g/mol. The maximum absolute atomic E-state index is 12.6. The molecule has 128 valence electrons. The molecule has 24 heavy (non-hydrogen) atoms. The van der Waals surface area contributed by atoms with Crippen molar-refractivity contribution in [3.63, 3.8) is 0 Å². The predicted molar refractivity (Wildman–Crippen MR) is 84.7 cm³/mol. The van der Waals surface area contributed by atoms with Gasteiger partial charge in [-0.25, -0.2) is 4.79 Å². The molecule has 2 aromatic rings. The van der Waals surface area contributed by atoms with Gasteiger partial charge in [-0.05, 0) is 36.7 Å². The standard InChI is InChI=1S/C18H18F3NO2/c19-18(20,21)16-8-4-5-14(13-16)9-10-22-11-12-24-17(23)15-6-2-1-3-7-15/h1-8,13,22H,9-12H2. The molecule has 0 amide bonds. The molecule has 3 nitrogen and oxygen atoms in total. The van der Waals surface area contributed by atoms with Gasteiger partial charge < -0.3 is 10.1 Å². The smallest absolute Gasteiger partial charge is 0.416 e. The van der Waals surface area contributed by atoms with Gasteiger partial charge >= 0.3 is 12.1 Å². The minimum atomic E-state index is -4.32. The van der Waals surface area contributed by atoms with Crippen molar-refractivity contribution in [2.75, 3.05) is 19.7 Å². The van der Waals surface area contributed by atoms with Crippen molar-refractivity contribution in [3.8, 4) is 0 Å². The molecule has 6 heteroatoms. The van der Waals surface area contributed by atoms with E-state index in [0.717, 1.165) is 12.1 Å². The van der Waals surface area contributed by atoms with Crippen LogP contribution in [0.1, 0.15) is 21.5 Å². The molecular formula is C18H18F3NO2. The molecule has 0 aliphatic rings. The van der Waals surface area contributed by atoms with Gasteiger partial charge in [-0.15, -0.1) is 0 Å². The highest BCUT2D eigenvalue weighted by molar-refractivity contribution is 5.89. The number of benzene rings is 2. The van der Waals surface area contributed by atoms with Crippen LogP contribution in [0.3, 0.4) is 0 Å². The van der Waals surface area contributed by atoms with E-state index in [1.165, 1.54) is 6.07 Å². The molecule has 0 saturated carbocycles. The van der Waals surface area contributed by atoms with Crippen molar-refractivity contribution in [1.82, 2.24) is 5.32 Å². The quantitative estimate of drug-likeness (QED) is 0.618. The van der Waals surface area contributed by atoms with E-state index < -0.39 is 17.7 Å². The Labute approximate surface area is 138 Å². The summed E-state index contributed by atoms with van der Waals surface area (Å²) in [6, 6.07) is 13.9. The lowest BCUT2D eigenvalue weighted by Gasteiger charge is -2.09. The second kappa shape index (κ2) is 8.49. The van der Waals surface area contributed by atoms with Gasteiger partial charge in [0.05, 0.1) is 11.1 Å². The van der Waals surface area contributed by atoms with E-state index in [2.05, 4.69) is 5.32 Å². The van der Waals surface area contributed by atoms with E-state index in [9.17, 15) is 18.0 Å². The zero-order valence-corrected chi connectivity index (χ0v) is 13.0. The Morgan fingerprint density at radius 3 is 2.46 bits per heavy atom. The number of alkyl halides is 3. The van der Waals surface area contributed by atoms with E-state index in [1.807, 2.05) is 6.07 Å². The minimum Gasteiger partial charge on any atom is -0.461 e. The van der Waals surface area contributed by atoms with Crippen LogP contribution >= 0.6 is 0 Å². The lowest BCUT2D eigenvalue weighted by Crippen LogP contribution is -2.23. The fourth-order valence-corrected chi connectivity index (χ4v) is 2.13.